The lowest BCUT2D eigenvalue weighted by atomic mass is 9.91. The van der Waals surface area contributed by atoms with Gasteiger partial charge in [0.2, 0.25) is 0 Å². The molecule has 3 aromatic rings. The van der Waals surface area contributed by atoms with Crippen molar-refractivity contribution in [1.82, 2.24) is 19.7 Å². The number of amides is 1. The number of carbonyl (C=O) groups is 1. The molecule has 6 nitrogen and oxygen atoms in total. The number of aromatic nitrogens is 3. The van der Waals surface area contributed by atoms with Crippen LogP contribution in [0.3, 0.4) is 0 Å². The Labute approximate surface area is 188 Å². The fourth-order valence-corrected chi connectivity index (χ4v) is 5.21. The van der Waals surface area contributed by atoms with Crippen LogP contribution in [-0.2, 0) is 20.0 Å². The van der Waals surface area contributed by atoms with E-state index in [1.165, 1.54) is 11.1 Å². The van der Waals surface area contributed by atoms with Crippen LogP contribution >= 0.6 is 0 Å². The summed E-state index contributed by atoms with van der Waals surface area (Å²) < 4.78 is 1.77. The number of pyridine rings is 1. The number of aliphatic hydroxyl groups is 1. The molecule has 2 aliphatic rings. The van der Waals surface area contributed by atoms with E-state index < -0.39 is 6.10 Å². The average molecular weight is 431 g/mol. The summed E-state index contributed by atoms with van der Waals surface area (Å²) in [5.41, 5.74) is 8.54. The quantitative estimate of drug-likeness (QED) is 0.680. The van der Waals surface area contributed by atoms with Crippen molar-refractivity contribution < 1.29 is 9.90 Å². The van der Waals surface area contributed by atoms with E-state index in [0.717, 1.165) is 65.6 Å². The van der Waals surface area contributed by atoms with Crippen molar-refractivity contribution in [2.75, 3.05) is 0 Å². The summed E-state index contributed by atoms with van der Waals surface area (Å²) in [6.07, 6.45) is 9.81. The largest absolute Gasteiger partial charge is 0.391 e. The molecule has 166 valence electrons. The number of carbonyl (C=O) groups excluding carboxylic acids is 1. The number of aliphatic hydroxyl groups excluding tert-OH is 1. The zero-order chi connectivity index (χ0) is 22.4. The minimum Gasteiger partial charge on any atom is -0.391 e. The van der Waals surface area contributed by atoms with E-state index in [9.17, 15) is 9.90 Å². The Balaban J connectivity index is 1.40. The second-order valence-electron chi connectivity index (χ2n) is 9.30. The summed E-state index contributed by atoms with van der Waals surface area (Å²) in [5.74, 6) is 0.0698. The number of hydrogen-bond donors (Lipinski definition) is 1. The molecule has 6 heteroatoms. The van der Waals surface area contributed by atoms with Gasteiger partial charge in [-0.15, -0.1) is 0 Å². The second kappa shape index (κ2) is 8.17. The van der Waals surface area contributed by atoms with Gasteiger partial charge in [0.05, 0.1) is 24.0 Å². The third-order valence-electron chi connectivity index (χ3n) is 7.27. The van der Waals surface area contributed by atoms with Gasteiger partial charge in [0.25, 0.3) is 5.91 Å². The first kappa shape index (κ1) is 20.9. The van der Waals surface area contributed by atoms with Gasteiger partial charge in [0.1, 0.15) is 0 Å². The van der Waals surface area contributed by atoms with Crippen molar-refractivity contribution >= 4 is 5.91 Å². The number of benzene rings is 1. The average Bonchev–Trinajstić information content (AvgIpc) is 3.36. The van der Waals surface area contributed by atoms with E-state index in [2.05, 4.69) is 36.1 Å². The van der Waals surface area contributed by atoms with E-state index in [4.69, 9.17) is 0 Å². The Kier molecular flexibility index (Phi) is 5.33. The Morgan fingerprint density at radius 3 is 2.62 bits per heavy atom. The highest BCUT2D eigenvalue weighted by atomic mass is 16.3. The molecule has 2 unspecified atom stereocenters. The van der Waals surface area contributed by atoms with Gasteiger partial charge < -0.3 is 10.0 Å². The Hall–Kier alpha value is -2.99. The van der Waals surface area contributed by atoms with Crippen LogP contribution < -0.4 is 0 Å². The normalized spacial score (nSPS) is 20.6. The number of fused-ring (bicyclic) bond motifs is 1. The van der Waals surface area contributed by atoms with Crippen molar-refractivity contribution in [3.05, 3.63) is 70.2 Å². The van der Waals surface area contributed by atoms with Crippen LogP contribution in [0.25, 0.3) is 11.3 Å². The first-order valence-electron chi connectivity index (χ1n) is 11.5. The third kappa shape index (κ3) is 3.62. The van der Waals surface area contributed by atoms with E-state index >= 15 is 0 Å². The fourth-order valence-electron chi connectivity index (χ4n) is 5.21. The van der Waals surface area contributed by atoms with E-state index in [1.807, 2.05) is 36.6 Å². The van der Waals surface area contributed by atoms with Crippen LogP contribution in [0.2, 0.25) is 0 Å². The maximum atomic E-state index is 13.3. The molecule has 0 saturated heterocycles. The maximum Gasteiger partial charge on any atom is 0.254 e. The second-order valence-corrected chi connectivity index (χ2v) is 9.30. The smallest absolute Gasteiger partial charge is 0.254 e. The maximum absolute atomic E-state index is 13.3. The lowest BCUT2D eigenvalue weighted by Gasteiger charge is -2.35. The zero-order valence-corrected chi connectivity index (χ0v) is 19.0. The van der Waals surface area contributed by atoms with Gasteiger partial charge in [-0.1, -0.05) is 18.9 Å². The lowest BCUT2D eigenvalue weighted by Crippen LogP contribution is -2.45. The minimum atomic E-state index is -0.410. The number of aryl methyl sites for hydroxylation is 1. The van der Waals surface area contributed by atoms with Crippen LogP contribution in [0, 0.1) is 13.8 Å². The molecule has 0 bridgehead atoms. The molecule has 32 heavy (non-hydrogen) atoms. The van der Waals surface area contributed by atoms with Crippen molar-refractivity contribution in [2.45, 2.75) is 64.6 Å². The molecule has 1 fully saturated rings. The van der Waals surface area contributed by atoms with Crippen LogP contribution in [0.4, 0.5) is 0 Å². The topological polar surface area (TPSA) is 71.2 Å². The van der Waals surface area contributed by atoms with E-state index in [-0.39, 0.29) is 11.9 Å². The monoisotopic (exact) mass is 430 g/mol. The van der Waals surface area contributed by atoms with Crippen LogP contribution in [0.1, 0.15) is 63.9 Å². The molecule has 5 rings (SSSR count). The highest BCUT2D eigenvalue weighted by Crippen LogP contribution is 2.35. The predicted molar refractivity (Wildman–Crippen MR) is 123 cm³/mol. The molecule has 1 amide bonds. The van der Waals surface area contributed by atoms with E-state index in [0.29, 0.717) is 6.54 Å². The Bertz CT molecular complexity index is 1170. The summed E-state index contributed by atoms with van der Waals surface area (Å²) in [6, 6.07) is 6.14. The van der Waals surface area contributed by atoms with Crippen molar-refractivity contribution in [3.63, 3.8) is 0 Å². The van der Waals surface area contributed by atoms with Crippen LogP contribution in [-0.4, -0.2) is 42.8 Å². The van der Waals surface area contributed by atoms with Gasteiger partial charge in [-0.2, -0.15) is 5.10 Å². The van der Waals surface area contributed by atoms with Gasteiger partial charge in [-0.3, -0.25) is 14.5 Å². The highest BCUT2D eigenvalue weighted by Gasteiger charge is 2.38. The molecule has 1 saturated carbocycles. The first-order valence-corrected chi connectivity index (χ1v) is 11.5. The standard InChI is InChI=1S/C26H30N4O2/c1-16-17(2)22-15-30(24-6-4-5-7-25(24)31)26(32)21(22)11-19(16)10-18-8-9-23(27-12-18)20-13-28-29(3)14-20/h8-9,11-14,24-25,31H,4-7,10,15H2,1-3H3. The highest BCUT2D eigenvalue weighted by molar-refractivity contribution is 5.99. The Morgan fingerprint density at radius 1 is 1.12 bits per heavy atom. The summed E-state index contributed by atoms with van der Waals surface area (Å²) in [6.45, 7) is 4.88. The molecular formula is C26H30N4O2. The Morgan fingerprint density at radius 2 is 1.94 bits per heavy atom. The summed E-state index contributed by atoms with van der Waals surface area (Å²) in [5, 5.41) is 14.7. The molecule has 1 aliphatic heterocycles. The molecule has 0 radical (unpaired) electrons. The fraction of sp³-hybridized carbons (Fsp3) is 0.423. The third-order valence-corrected chi connectivity index (χ3v) is 7.27. The van der Waals surface area contributed by atoms with E-state index in [1.54, 1.807) is 4.68 Å². The van der Waals surface area contributed by atoms with Crippen molar-refractivity contribution in [2.24, 2.45) is 7.05 Å². The predicted octanol–water partition coefficient (Wildman–Crippen LogP) is 3.95. The summed E-state index contributed by atoms with van der Waals surface area (Å²) >= 11 is 0. The minimum absolute atomic E-state index is 0.0592. The first-order chi connectivity index (χ1) is 15.4. The molecule has 1 aromatic carbocycles. The molecule has 1 N–H and O–H groups in total. The van der Waals surface area contributed by atoms with Gasteiger partial charge in [0, 0.05) is 37.1 Å². The zero-order valence-electron chi connectivity index (χ0n) is 19.0. The number of hydrogen-bond acceptors (Lipinski definition) is 4. The molecule has 1 aliphatic carbocycles. The molecular weight excluding hydrogens is 400 g/mol. The van der Waals surface area contributed by atoms with Crippen LogP contribution in [0.15, 0.2) is 36.8 Å². The van der Waals surface area contributed by atoms with Gasteiger partial charge >= 0.3 is 0 Å². The van der Waals surface area contributed by atoms with Gasteiger partial charge in [-0.05, 0) is 73.1 Å². The molecule has 0 spiro atoms. The number of rotatable bonds is 4. The lowest BCUT2D eigenvalue weighted by molar-refractivity contribution is 0.0191. The summed E-state index contributed by atoms with van der Waals surface area (Å²) in [4.78, 5) is 19.8. The summed E-state index contributed by atoms with van der Waals surface area (Å²) in [7, 11) is 1.90. The van der Waals surface area contributed by atoms with Crippen molar-refractivity contribution in [1.29, 1.82) is 0 Å². The number of nitrogens with zero attached hydrogens (tertiary/aromatic N) is 4. The van der Waals surface area contributed by atoms with Crippen LogP contribution in [0.5, 0.6) is 0 Å². The van der Waals surface area contributed by atoms with Gasteiger partial charge in [-0.25, -0.2) is 0 Å². The molecule has 3 heterocycles. The molecule has 2 atom stereocenters. The molecule has 2 aromatic heterocycles. The van der Waals surface area contributed by atoms with Crippen molar-refractivity contribution in [3.8, 4) is 11.3 Å². The van der Waals surface area contributed by atoms with Gasteiger partial charge in [0.15, 0.2) is 0 Å². The SMILES string of the molecule is Cc1c(Cc2ccc(-c3cnn(C)c3)nc2)cc2c(c1C)CN(C1CCCCC1O)C2=O.